The van der Waals surface area contributed by atoms with Crippen LogP contribution in [0.2, 0.25) is 0 Å². The first kappa shape index (κ1) is 9.04. The van der Waals surface area contributed by atoms with Gasteiger partial charge in [-0.05, 0) is 36.4 Å². The minimum atomic E-state index is -0.864. The number of hydrogen-bond donors (Lipinski definition) is 1. The van der Waals surface area contributed by atoms with Crippen molar-refractivity contribution in [1.82, 2.24) is 0 Å². The molecule has 0 atom stereocenters. The Morgan fingerprint density at radius 1 is 0.875 bits per heavy atom. The van der Waals surface area contributed by atoms with Crippen LogP contribution in [0.1, 0.15) is 11.1 Å². The summed E-state index contributed by atoms with van der Waals surface area (Å²) in [6.07, 6.45) is 0. The van der Waals surface area contributed by atoms with Crippen LogP contribution >= 0.6 is 0 Å². The first-order valence-electron chi connectivity index (χ1n) is 5.08. The Balaban J connectivity index is 2.34. The van der Waals surface area contributed by atoms with E-state index >= 15 is 0 Å². The van der Waals surface area contributed by atoms with E-state index in [1.165, 1.54) is 0 Å². The molecule has 0 saturated carbocycles. The number of hydrogen-bond acceptors (Lipinski definition) is 1. The van der Waals surface area contributed by atoms with Gasteiger partial charge in [0.2, 0.25) is 0 Å². The van der Waals surface area contributed by atoms with E-state index in [4.69, 9.17) is 0 Å². The van der Waals surface area contributed by atoms with Crippen LogP contribution in [0.4, 0.5) is 0 Å². The van der Waals surface area contributed by atoms with Gasteiger partial charge in [-0.1, -0.05) is 0 Å². The molecule has 0 bridgehead atoms. The highest BCUT2D eigenvalue weighted by Crippen LogP contribution is 2.43. The number of fused-ring (bicyclic) bond motifs is 3. The summed E-state index contributed by atoms with van der Waals surface area (Å²) in [6, 6.07) is 15.2. The zero-order valence-electron chi connectivity index (χ0n) is 8.47. The van der Waals surface area contributed by atoms with E-state index in [1.54, 1.807) is 0 Å². The van der Waals surface area contributed by atoms with E-state index < -0.39 is 5.97 Å². The van der Waals surface area contributed by atoms with Gasteiger partial charge in [0.25, 0.3) is 0 Å². The van der Waals surface area contributed by atoms with Gasteiger partial charge in [0.1, 0.15) is 11.1 Å². The Hall–Kier alpha value is -2.22. The molecule has 0 heterocycles. The predicted molar refractivity (Wildman–Crippen MR) is 61.0 cm³/mol. The summed E-state index contributed by atoms with van der Waals surface area (Å²) in [7, 11) is 0. The Bertz CT molecular complexity index is 527. The molecule has 0 unspecified atom stereocenters. The van der Waals surface area contributed by atoms with E-state index in [0.717, 1.165) is 22.3 Å². The molecule has 76 valence electrons. The Labute approximate surface area is 93.2 Å². The van der Waals surface area contributed by atoms with Gasteiger partial charge in [0.15, 0.2) is 5.92 Å². The molecule has 2 aromatic carbocycles. The largest absolute Gasteiger partial charge is 0.472 e. The standard InChI is InChI=1S/C14H8O2/c15-14(16)13-11-7-3-1-5-9(11)10-6-2-4-8-12(10)13/h1-8H/p+1. The average molecular weight is 209 g/mol. The molecule has 1 N–H and O–H groups in total. The maximum Gasteiger partial charge on any atom is 0.373 e. The highest BCUT2D eigenvalue weighted by Gasteiger charge is 2.41. The molecule has 0 fully saturated rings. The molecule has 0 aromatic heterocycles. The molecule has 2 aromatic rings. The van der Waals surface area contributed by atoms with Crippen molar-refractivity contribution in [2.24, 2.45) is 0 Å². The second-order valence-corrected chi connectivity index (χ2v) is 3.77. The molecule has 2 heteroatoms. The summed E-state index contributed by atoms with van der Waals surface area (Å²) < 4.78 is 0. The van der Waals surface area contributed by atoms with Crippen LogP contribution in [-0.2, 0) is 4.79 Å². The number of carboxylic acid groups (broad SMARTS) is 1. The summed E-state index contributed by atoms with van der Waals surface area (Å²) in [5.41, 5.74) is 3.65. The van der Waals surface area contributed by atoms with Crippen LogP contribution < -0.4 is 0 Å². The quantitative estimate of drug-likeness (QED) is 0.733. The van der Waals surface area contributed by atoms with Gasteiger partial charge in [0.05, 0.1) is 11.1 Å². The smallest absolute Gasteiger partial charge is 0.373 e. The Kier molecular flexibility index (Phi) is 1.77. The van der Waals surface area contributed by atoms with E-state index in [1.807, 2.05) is 48.5 Å². The third-order valence-corrected chi connectivity index (χ3v) is 2.90. The van der Waals surface area contributed by atoms with Crippen molar-refractivity contribution in [3.05, 3.63) is 65.6 Å². The third-order valence-electron chi connectivity index (χ3n) is 2.90. The molecule has 1 aliphatic carbocycles. The fourth-order valence-corrected chi connectivity index (χ4v) is 2.25. The number of rotatable bonds is 1. The molecular formula is C14H9O2+. The SMILES string of the molecule is O=C(O)[C+]1c2ccccc2-c2ccccc21. The summed E-state index contributed by atoms with van der Waals surface area (Å²) in [4.78, 5) is 11.3. The zero-order valence-corrected chi connectivity index (χ0v) is 8.47. The number of carbonyl (C=O) groups is 1. The van der Waals surface area contributed by atoms with E-state index in [9.17, 15) is 9.90 Å². The molecular weight excluding hydrogens is 200 g/mol. The fraction of sp³-hybridized carbons (Fsp3) is 0. The molecule has 0 amide bonds. The maximum absolute atomic E-state index is 11.3. The van der Waals surface area contributed by atoms with Crippen LogP contribution in [-0.4, -0.2) is 11.1 Å². The molecule has 16 heavy (non-hydrogen) atoms. The lowest BCUT2D eigenvalue weighted by molar-refractivity contribution is -0.133. The number of aliphatic carboxylic acids is 1. The lowest BCUT2D eigenvalue weighted by atomic mass is 9.97. The van der Waals surface area contributed by atoms with Gasteiger partial charge in [0, 0.05) is 12.1 Å². The van der Waals surface area contributed by atoms with Gasteiger partial charge in [-0.3, -0.25) is 0 Å². The summed E-state index contributed by atoms with van der Waals surface area (Å²) in [5, 5.41) is 9.27. The molecule has 2 nitrogen and oxygen atoms in total. The van der Waals surface area contributed by atoms with Gasteiger partial charge in [-0.15, -0.1) is 0 Å². The molecule has 0 radical (unpaired) electrons. The summed E-state index contributed by atoms with van der Waals surface area (Å²) in [5.74, 6) is -0.455. The van der Waals surface area contributed by atoms with Gasteiger partial charge in [-0.2, -0.15) is 0 Å². The minimum absolute atomic E-state index is 0.409. The highest BCUT2D eigenvalue weighted by molar-refractivity contribution is 6.02. The van der Waals surface area contributed by atoms with Gasteiger partial charge < -0.3 is 5.11 Å². The van der Waals surface area contributed by atoms with E-state index in [2.05, 4.69) is 0 Å². The van der Waals surface area contributed by atoms with Crippen molar-refractivity contribution in [3.8, 4) is 11.1 Å². The Morgan fingerprint density at radius 3 is 1.75 bits per heavy atom. The van der Waals surface area contributed by atoms with Crippen molar-refractivity contribution >= 4 is 5.97 Å². The van der Waals surface area contributed by atoms with Crippen LogP contribution in [0.3, 0.4) is 0 Å². The minimum Gasteiger partial charge on any atom is -0.472 e. The lowest BCUT2D eigenvalue weighted by Crippen LogP contribution is -2.10. The van der Waals surface area contributed by atoms with E-state index in [0.29, 0.717) is 5.92 Å². The molecule has 0 saturated heterocycles. The van der Waals surface area contributed by atoms with Crippen LogP contribution in [0, 0.1) is 5.92 Å². The maximum atomic E-state index is 11.3. The predicted octanol–water partition coefficient (Wildman–Crippen LogP) is 2.72. The highest BCUT2D eigenvalue weighted by atomic mass is 16.4. The lowest BCUT2D eigenvalue weighted by Gasteiger charge is -1.99. The molecule has 1 aliphatic rings. The third kappa shape index (κ3) is 1.07. The summed E-state index contributed by atoms with van der Waals surface area (Å²) in [6.45, 7) is 0. The molecule has 0 aliphatic heterocycles. The van der Waals surface area contributed by atoms with Crippen LogP contribution in [0.15, 0.2) is 48.5 Å². The zero-order chi connectivity index (χ0) is 11.1. The van der Waals surface area contributed by atoms with Crippen molar-refractivity contribution in [1.29, 1.82) is 0 Å². The van der Waals surface area contributed by atoms with Crippen molar-refractivity contribution in [3.63, 3.8) is 0 Å². The molecule has 0 spiro atoms. The topological polar surface area (TPSA) is 37.3 Å². The summed E-state index contributed by atoms with van der Waals surface area (Å²) >= 11 is 0. The Morgan fingerprint density at radius 2 is 1.31 bits per heavy atom. The van der Waals surface area contributed by atoms with Crippen molar-refractivity contribution in [2.45, 2.75) is 0 Å². The van der Waals surface area contributed by atoms with Gasteiger partial charge >= 0.3 is 5.97 Å². The second kappa shape index (κ2) is 3.14. The monoisotopic (exact) mass is 209 g/mol. The molecule has 3 rings (SSSR count). The number of benzene rings is 2. The second-order valence-electron chi connectivity index (χ2n) is 3.77. The normalized spacial score (nSPS) is 12.1. The van der Waals surface area contributed by atoms with Gasteiger partial charge in [-0.25, -0.2) is 4.79 Å². The number of carboxylic acids is 1. The van der Waals surface area contributed by atoms with Crippen LogP contribution in [0.25, 0.3) is 11.1 Å². The average Bonchev–Trinajstić information content (AvgIpc) is 2.63. The van der Waals surface area contributed by atoms with Crippen molar-refractivity contribution < 1.29 is 9.90 Å². The van der Waals surface area contributed by atoms with Crippen molar-refractivity contribution in [2.75, 3.05) is 0 Å². The fourth-order valence-electron chi connectivity index (χ4n) is 2.25. The van der Waals surface area contributed by atoms with E-state index in [-0.39, 0.29) is 0 Å². The van der Waals surface area contributed by atoms with Crippen LogP contribution in [0.5, 0.6) is 0 Å². The first-order valence-corrected chi connectivity index (χ1v) is 5.08. The first-order chi connectivity index (χ1) is 7.79.